The Kier molecular flexibility index (Phi) is 5.46. The first-order valence-corrected chi connectivity index (χ1v) is 8.01. The summed E-state index contributed by atoms with van der Waals surface area (Å²) in [7, 11) is 0. The predicted octanol–water partition coefficient (Wildman–Crippen LogP) is -0.719. The van der Waals surface area contributed by atoms with E-state index in [1.54, 1.807) is 12.1 Å². The van der Waals surface area contributed by atoms with Crippen LogP contribution in [-0.4, -0.2) is 49.6 Å². The van der Waals surface area contributed by atoms with Gasteiger partial charge in [0.1, 0.15) is 18.3 Å². The standard InChI is InChI=1S/C16H17N3O8/c20-12-5-6-18(16(23)17-12)15-14(22)13(21)11(27-15)8-26-7-9-3-1-2-4-10(9)19(24)25/h1-6,11,13-15,21-22H,7-8H2,(H,17,20,23)/t11-,13-,14-,15-/m1/s1. The number of aliphatic hydroxyl groups excluding tert-OH is 2. The molecule has 3 N–H and O–H groups in total. The molecule has 144 valence electrons. The summed E-state index contributed by atoms with van der Waals surface area (Å²) < 4.78 is 11.8. The molecule has 0 unspecified atom stereocenters. The van der Waals surface area contributed by atoms with Crippen molar-refractivity contribution >= 4 is 5.69 Å². The van der Waals surface area contributed by atoms with Crippen molar-refractivity contribution in [1.82, 2.24) is 9.55 Å². The number of nitro groups is 1. The first kappa shape index (κ1) is 18.9. The molecule has 1 saturated heterocycles. The summed E-state index contributed by atoms with van der Waals surface area (Å²) in [5.74, 6) is 0. The molecule has 4 atom stereocenters. The molecule has 0 radical (unpaired) electrons. The number of para-hydroxylation sites is 1. The fourth-order valence-corrected chi connectivity index (χ4v) is 2.82. The van der Waals surface area contributed by atoms with Crippen molar-refractivity contribution in [2.24, 2.45) is 0 Å². The second kappa shape index (κ2) is 7.80. The summed E-state index contributed by atoms with van der Waals surface area (Å²) in [5, 5.41) is 31.2. The molecule has 0 saturated carbocycles. The van der Waals surface area contributed by atoms with Gasteiger partial charge in [0.25, 0.3) is 11.2 Å². The fourth-order valence-electron chi connectivity index (χ4n) is 2.82. The van der Waals surface area contributed by atoms with E-state index in [0.29, 0.717) is 5.56 Å². The monoisotopic (exact) mass is 379 g/mol. The second-order valence-corrected chi connectivity index (χ2v) is 5.96. The molecule has 0 amide bonds. The second-order valence-electron chi connectivity index (χ2n) is 5.96. The molecule has 2 heterocycles. The lowest BCUT2D eigenvalue weighted by atomic mass is 10.1. The van der Waals surface area contributed by atoms with E-state index in [-0.39, 0.29) is 18.9 Å². The summed E-state index contributed by atoms with van der Waals surface area (Å²) in [4.78, 5) is 35.4. The zero-order valence-electron chi connectivity index (χ0n) is 13.9. The van der Waals surface area contributed by atoms with Crippen LogP contribution in [0.2, 0.25) is 0 Å². The van der Waals surface area contributed by atoms with E-state index in [1.807, 2.05) is 4.98 Å². The van der Waals surface area contributed by atoms with Crippen LogP contribution in [-0.2, 0) is 16.1 Å². The minimum absolute atomic E-state index is 0.0941. The zero-order valence-corrected chi connectivity index (χ0v) is 13.9. The molecule has 1 aromatic carbocycles. The van der Waals surface area contributed by atoms with Crippen molar-refractivity contribution in [3.63, 3.8) is 0 Å². The lowest BCUT2D eigenvalue weighted by Crippen LogP contribution is -2.37. The molecule has 11 heteroatoms. The summed E-state index contributed by atoms with van der Waals surface area (Å²) >= 11 is 0. The van der Waals surface area contributed by atoms with Crippen LogP contribution >= 0.6 is 0 Å². The van der Waals surface area contributed by atoms with Crippen molar-refractivity contribution in [3.8, 4) is 0 Å². The largest absolute Gasteiger partial charge is 0.387 e. The average Bonchev–Trinajstić information content (AvgIpc) is 2.90. The number of aromatic nitrogens is 2. The van der Waals surface area contributed by atoms with E-state index < -0.39 is 40.7 Å². The van der Waals surface area contributed by atoms with Crippen molar-refractivity contribution in [3.05, 3.63) is 73.0 Å². The van der Waals surface area contributed by atoms with Crippen molar-refractivity contribution in [1.29, 1.82) is 0 Å². The van der Waals surface area contributed by atoms with Crippen LogP contribution in [0.1, 0.15) is 11.8 Å². The number of rotatable bonds is 6. The normalized spacial score (nSPS) is 24.8. The molecule has 1 aliphatic heterocycles. The number of hydrogen-bond donors (Lipinski definition) is 3. The Morgan fingerprint density at radius 2 is 1.96 bits per heavy atom. The van der Waals surface area contributed by atoms with Gasteiger partial charge >= 0.3 is 5.69 Å². The first-order valence-electron chi connectivity index (χ1n) is 8.01. The summed E-state index contributed by atoms with van der Waals surface area (Å²) in [5.41, 5.74) is -1.14. The third-order valence-electron chi connectivity index (χ3n) is 4.19. The summed E-state index contributed by atoms with van der Waals surface area (Å²) in [6.07, 6.45) is -3.79. The number of aliphatic hydroxyl groups is 2. The first-order chi connectivity index (χ1) is 12.9. The topological polar surface area (TPSA) is 157 Å². The highest BCUT2D eigenvalue weighted by molar-refractivity contribution is 5.39. The SMILES string of the molecule is O=c1ccn([C@@H]2O[C@H](COCc3ccccc3[N+](=O)[O-])[C@@H](O)[C@H]2O)c(=O)[nH]1. The molecule has 3 rings (SSSR count). The molecule has 0 aliphatic carbocycles. The maximum Gasteiger partial charge on any atom is 0.330 e. The minimum atomic E-state index is -1.42. The molecule has 0 spiro atoms. The van der Waals surface area contributed by atoms with Crippen molar-refractivity contribution in [2.45, 2.75) is 31.1 Å². The predicted molar refractivity (Wildman–Crippen MR) is 90.0 cm³/mol. The average molecular weight is 379 g/mol. The van der Waals surface area contributed by atoms with Crippen LogP contribution < -0.4 is 11.2 Å². The minimum Gasteiger partial charge on any atom is -0.387 e. The van der Waals surface area contributed by atoms with E-state index in [0.717, 1.165) is 16.8 Å². The van der Waals surface area contributed by atoms with Gasteiger partial charge in [-0.25, -0.2) is 4.79 Å². The lowest BCUT2D eigenvalue weighted by molar-refractivity contribution is -0.386. The van der Waals surface area contributed by atoms with Gasteiger partial charge < -0.3 is 19.7 Å². The molecule has 27 heavy (non-hydrogen) atoms. The van der Waals surface area contributed by atoms with E-state index in [1.165, 1.54) is 12.1 Å². The Hall–Kier alpha value is -2.86. The summed E-state index contributed by atoms with van der Waals surface area (Å²) in [6.45, 7) is -0.262. The number of ether oxygens (including phenoxy) is 2. The number of aromatic amines is 1. The highest BCUT2D eigenvalue weighted by atomic mass is 16.6. The van der Waals surface area contributed by atoms with E-state index in [4.69, 9.17) is 9.47 Å². The fraction of sp³-hybridized carbons (Fsp3) is 0.375. The quantitative estimate of drug-likeness (QED) is 0.438. The molecule has 2 aromatic rings. The third kappa shape index (κ3) is 3.95. The number of nitrogens with one attached hydrogen (secondary N) is 1. The summed E-state index contributed by atoms with van der Waals surface area (Å²) in [6, 6.07) is 7.15. The van der Waals surface area contributed by atoms with Gasteiger partial charge in [-0.3, -0.25) is 24.5 Å². The molecular weight excluding hydrogens is 362 g/mol. The molecule has 0 bridgehead atoms. The highest BCUT2D eigenvalue weighted by Gasteiger charge is 2.44. The maximum absolute atomic E-state index is 11.8. The Balaban J connectivity index is 1.66. The van der Waals surface area contributed by atoms with Gasteiger partial charge in [-0.2, -0.15) is 0 Å². The van der Waals surface area contributed by atoms with Gasteiger partial charge in [-0.05, 0) is 6.07 Å². The molecule has 1 fully saturated rings. The van der Waals surface area contributed by atoms with Gasteiger partial charge in [0.2, 0.25) is 0 Å². The van der Waals surface area contributed by atoms with Crippen LogP contribution in [0.4, 0.5) is 5.69 Å². The molecule has 1 aliphatic rings. The Bertz CT molecular complexity index is 940. The van der Waals surface area contributed by atoms with Gasteiger partial charge in [-0.1, -0.05) is 12.1 Å². The van der Waals surface area contributed by atoms with Gasteiger partial charge in [0, 0.05) is 18.3 Å². The van der Waals surface area contributed by atoms with Gasteiger partial charge in [0.15, 0.2) is 6.23 Å². The Morgan fingerprint density at radius 3 is 2.67 bits per heavy atom. The van der Waals surface area contributed by atoms with Gasteiger partial charge in [0.05, 0.1) is 23.7 Å². The third-order valence-corrected chi connectivity index (χ3v) is 4.19. The Morgan fingerprint density at radius 1 is 1.22 bits per heavy atom. The smallest absolute Gasteiger partial charge is 0.330 e. The van der Waals surface area contributed by atoms with Crippen LogP contribution in [0.25, 0.3) is 0 Å². The van der Waals surface area contributed by atoms with E-state index in [9.17, 15) is 29.9 Å². The maximum atomic E-state index is 11.8. The molecule has 11 nitrogen and oxygen atoms in total. The number of nitrogens with zero attached hydrogens (tertiary/aromatic N) is 2. The van der Waals surface area contributed by atoms with Crippen LogP contribution in [0.5, 0.6) is 0 Å². The Labute approximate surface area is 151 Å². The van der Waals surface area contributed by atoms with Crippen LogP contribution in [0.3, 0.4) is 0 Å². The number of hydrogen-bond acceptors (Lipinski definition) is 8. The number of nitro benzene ring substituents is 1. The molecular formula is C16H17N3O8. The van der Waals surface area contributed by atoms with Crippen LogP contribution in [0, 0.1) is 10.1 Å². The highest BCUT2D eigenvalue weighted by Crippen LogP contribution is 2.28. The van der Waals surface area contributed by atoms with E-state index in [2.05, 4.69) is 0 Å². The van der Waals surface area contributed by atoms with Crippen molar-refractivity contribution < 1.29 is 24.6 Å². The zero-order chi connectivity index (χ0) is 19.6. The number of benzene rings is 1. The van der Waals surface area contributed by atoms with Crippen molar-refractivity contribution in [2.75, 3.05) is 6.61 Å². The van der Waals surface area contributed by atoms with Crippen LogP contribution in [0.15, 0.2) is 46.1 Å². The van der Waals surface area contributed by atoms with Gasteiger partial charge in [-0.15, -0.1) is 0 Å². The van der Waals surface area contributed by atoms with E-state index >= 15 is 0 Å². The number of H-pyrrole nitrogens is 1. The lowest BCUT2D eigenvalue weighted by Gasteiger charge is -2.16. The molecule has 1 aromatic heterocycles.